The summed E-state index contributed by atoms with van der Waals surface area (Å²) in [7, 11) is 1.60. The summed E-state index contributed by atoms with van der Waals surface area (Å²) in [5.74, 6) is 0.723. The van der Waals surface area contributed by atoms with Crippen LogP contribution in [0.25, 0.3) is 0 Å². The number of methoxy groups -OCH3 is 1. The molecule has 0 spiro atoms. The highest BCUT2D eigenvalue weighted by molar-refractivity contribution is 5.39. The van der Waals surface area contributed by atoms with Gasteiger partial charge >= 0.3 is 0 Å². The molecule has 0 saturated carbocycles. The molecule has 3 heteroatoms. The van der Waals surface area contributed by atoms with Gasteiger partial charge in [0.25, 0.3) is 0 Å². The summed E-state index contributed by atoms with van der Waals surface area (Å²) in [6, 6.07) is 13.0. The fourth-order valence-electron chi connectivity index (χ4n) is 2.13. The first-order valence-corrected chi connectivity index (χ1v) is 6.18. The van der Waals surface area contributed by atoms with Crippen LogP contribution in [0.1, 0.15) is 28.4 Å². The number of ether oxygens (including phenoxy) is 1. The summed E-state index contributed by atoms with van der Waals surface area (Å²) < 4.78 is 5.16. The first kappa shape index (κ1) is 13.6. The Morgan fingerprint density at radius 2 is 1.95 bits per heavy atom. The fraction of sp³-hybridized carbons (Fsp3) is 0.250. The molecule has 2 N–H and O–H groups in total. The second-order valence-electron chi connectivity index (χ2n) is 4.53. The topological polar surface area (TPSA) is 49.7 Å². The molecule has 1 unspecified atom stereocenters. The van der Waals surface area contributed by atoms with Crippen LogP contribution in [0.15, 0.2) is 42.5 Å². The molecule has 0 saturated heterocycles. The summed E-state index contributed by atoms with van der Waals surface area (Å²) in [6.07, 6.45) is -0.692. The van der Waals surface area contributed by atoms with Gasteiger partial charge in [0, 0.05) is 0 Å². The highest BCUT2D eigenvalue weighted by atomic mass is 16.5. The van der Waals surface area contributed by atoms with Gasteiger partial charge in [0.05, 0.1) is 13.7 Å². The molecular formula is C16H18O3. The van der Waals surface area contributed by atoms with Crippen LogP contribution in [0.2, 0.25) is 0 Å². The molecule has 0 aliphatic carbocycles. The molecule has 0 aliphatic rings. The minimum absolute atomic E-state index is 0.0103. The lowest BCUT2D eigenvalue weighted by atomic mass is 9.96. The monoisotopic (exact) mass is 258 g/mol. The Morgan fingerprint density at radius 3 is 2.58 bits per heavy atom. The number of rotatable bonds is 4. The van der Waals surface area contributed by atoms with Crippen LogP contribution < -0.4 is 4.74 Å². The average molecular weight is 258 g/mol. The van der Waals surface area contributed by atoms with Crippen molar-refractivity contribution in [2.45, 2.75) is 19.6 Å². The van der Waals surface area contributed by atoms with Gasteiger partial charge in [-0.2, -0.15) is 0 Å². The number of aryl methyl sites for hydroxylation is 1. The molecule has 2 aromatic carbocycles. The Morgan fingerprint density at radius 1 is 1.16 bits per heavy atom. The lowest BCUT2D eigenvalue weighted by Gasteiger charge is -2.15. The van der Waals surface area contributed by atoms with E-state index in [4.69, 9.17) is 9.84 Å². The Kier molecular flexibility index (Phi) is 4.20. The summed E-state index contributed by atoms with van der Waals surface area (Å²) in [5, 5.41) is 19.5. The molecule has 1 atom stereocenters. The second kappa shape index (κ2) is 5.87. The van der Waals surface area contributed by atoms with Crippen LogP contribution in [-0.4, -0.2) is 17.3 Å². The van der Waals surface area contributed by atoms with E-state index < -0.39 is 6.10 Å². The van der Waals surface area contributed by atoms with Gasteiger partial charge in [0.2, 0.25) is 0 Å². The predicted molar refractivity (Wildman–Crippen MR) is 74.2 cm³/mol. The molecule has 2 rings (SSSR count). The normalized spacial score (nSPS) is 12.2. The van der Waals surface area contributed by atoms with Crippen molar-refractivity contribution in [2.75, 3.05) is 7.11 Å². The van der Waals surface area contributed by atoms with E-state index in [0.29, 0.717) is 0 Å². The number of aliphatic hydroxyl groups is 2. The van der Waals surface area contributed by atoms with Crippen molar-refractivity contribution in [2.24, 2.45) is 0 Å². The Hall–Kier alpha value is -1.84. The molecule has 0 amide bonds. The molecule has 2 aromatic rings. The largest absolute Gasteiger partial charge is 0.497 e. The van der Waals surface area contributed by atoms with Crippen LogP contribution >= 0.6 is 0 Å². The van der Waals surface area contributed by atoms with E-state index in [1.807, 2.05) is 49.4 Å². The van der Waals surface area contributed by atoms with Crippen LogP contribution in [0.5, 0.6) is 5.75 Å². The molecule has 3 nitrogen and oxygen atoms in total. The van der Waals surface area contributed by atoms with Crippen LogP contribution in [0, 0.1) is 6.92 Å². The van der Waals surface area contributed by atoms with Crippen molar-refractivity contribution < 1.29 is 14.9 Å². The van der Waals surface area contributed by atoms with Gasteiger partial charge in [-0.3, -0.25) is 0 Å². The summed E-state index contributed by atoms with van der Waals surface area (Å²) in [4.78, 5) is 0. The molecular weight excluding hydrogens is 240 g/mol. The minimum Gasteiger partial charge on any atom is -0.497 e. The maximum atomic E-state index is 10.4. The first-order valence-electron chi connectivity index (χ1n) is 6.18. The molecule has 0 heterocycles. The van der Waals surface area contributed by atoms with Crippen LogP contribution in [0.3, 0.4) is 0 Å². The zero-order valence-electron chi connectivity index (χ0n) is 11.1. The lowest BCUT2D eigenvalue weighted by molar-refractivity contribution is 0.219. The standard InChI is InChI=1S/C16H18O3/c1-11-8-12(10-17)6-7-15(11)16(18)13-4-3-5-14(9-13)19-2/h3-9,16-18H,10H2,1-2H3. The highest BCUT2D eigenvalue weighted by Gasteiger charge is 2.13. The van der Waals surface area contributed by atoms with Crippen molar-refractivity contribution in [3.05, 3.63) is 64.7 Å². The van der Waals surface area contributed by atoms with E-state index in [-0.39, 0.29) is 6.61 Å². The number of hydrogen-bond acceptors (Lipinski definition) is 3. The molecule has 0 fully saturated rings. The van der Waals surface area contributed by atoms with Gasteiger partial charge in [0.15, 0.2) is 0 Å². The maximum absolute atomic E-state index is 10.4. The Labute approximate surface area is 113 Å². The second-order valence-corrected chi connectivity index (χ2v) is 4.53. The van der Waals surface area contributed by atoms with E-state index in [9.17, 15) is 5.11 Å². The van der Waals surface area contributed by atoms with E-state index in [0.717, 1.165) is 28.0 Å². The molecule has 19 heavy (non-hydrogen) atoms. The third kappa shape index (κ3) is 2.95. The van der Waals surface area contributed by atoms with Gasteiger partial charge < -0.3 is 14.9 Å². The highest BCUT2D eigenvalue weighted by Crippen LogP contribution is 2.27. The number of benzene rings is 2. The van der Waals surface area contributed by atoms with E-state index in [2.05, 4.69) is 0 Å². The van der Waals surface area contributed by atoms with Crippen molar-refractivity contribution >= 4 is 0 Å². The Balaban J connectivity index is 2.35. The fourth-order valence-corrected chi connectivity index (χ4v) is 2.13. The van der Waals surface area contributed by atoms with Gasteiger partial charge in [-0.25, -0.2) is 0 Å². The SMILES string of the molecule is COc1cccc(C(O)c2ccc(CO)cc2C)c1. The van der Waals surface area contributed by atoms with Crippen molar-refractivity contribution in [1.82, 2.24) is 0 Å². The Bertz CT molecular complexity index is 564. The van der Waals surface area contributed by atoms with Gasteiger partial charge in [-0.15, -0.1) is 0 Å². The zero-order valence-corrected chi connectivity index (χ0v) is 11.1. The summed E-state index contributed by atoms with van der Waals surface area (Å²) in [5.41, 5.74) is 3.44. The van der Waals surface area contributed by atoms with E-state index >= 15 is 0 Å². The molecule has 0 aromatic heterocycles. The number of aliphatic hydroxyl groups excluding tert-OH is 2. The summed E-state index contributed by atoms with van der Waals surface area (Å²) in [6.45, 7) is 1.94. The van der Waals surface area contributed by atoms with E-state index in [1.54, 1.807) is 7.11 Å². The van der Waals surface area contributed by atoms with Crippen molar-refractivity contribution in [3.8, 4) is 5.75 Å². The third-order valence-corrected chi connectivity index (χ3v) is 3.22. The van der Waals surface area contributed by atoms with Gasteiger partial charge in [0.1, 0.15) is 11.9 Å². The minimum atomic E-state index is -0.692. The van der Waals surface area contributed by atoms with Crippen molar-refractivity contribution in [3.63, 3.8) is 0 Å². The zero-order chi connectivity index (χ0) is 13.8. The first-order chi connectivity index (χ1) is 9.15. The summed E-state index contributed by atoms with van der Waals surface area (Å²) >= 11 is 0. The molecule has 0 bridgehead atoms. The van der Waals surface area contributed by atoms with Gasteiger partial charge in [-0.05, 0) is 41.3 Å². The molecule has 100 valence electrons. The molecule has 0 radical (unpaired) electrons. The smallest absolute Gasteiger partial charge is 0.119 e. The number of hydrogen-bond donors (Lipinski definition) is 2. The maximum Gasteiger partial charge on any atom is 0.119 e. The molecule has 0 aliphatic heterocycles. The van der Waals surface area contributed by atoms with Crippen LogP contribution in [0.4, 0.5) is 0 Å². The van der Waals surface area contributed by atoms with E-state index in [1.165, 1.54) is 0 Å². The quantitative estimate of drug-likeness (QED) is 0.886. The third-order valence-electron chi connectivity index (χ3n) is 3.22. The van der Waals surface area contributed by atoms with Crippen molar-refractivity contribution in [1.29, 1.82) is 0 Å². The van der Waals surface area contributed by atoms with Crippen LogP contribution in [-0.2, 0) is 6.61 Å². The predicted octanol–water partition coefficient (Wildman–Crippen LogP) is 2.58. The average Bonchev–Trinajstić information content (AvgIpc) is 2.46. The lowest BCUT2D eigenvalue weighted by Crippen LogP contribution is -2.03. The van der Waals surface area contributed by atoms with Gasteiger partial charge in [-0.1, -0.05) is 30.3 Å².